The Balaban J connectivity index is 1.86. The lowest BCUT2D eigenvalue weighted by molar-refractivity contribution is 0.585. The molecule has 0 aliphatic heterocycles. The summed E-state index contributed by atoms with van der Waals surface area (Å²) in [5, 5.41) is 4.31. The van der Waals surface area contributed by atoms with E-state index in [9.17, 15) is 4.39 Å². The lowest BCUT2D eigenvalue weighted by atomic mass is 10.1. The number of hydrogen-bond acceptors (Lipinski definition) is 1. The van der Waals surface area contributed by atoms with Crippen LogP contribution in [0.4, 0.5) is 4.39 Å². The summed E-state index contributed by atoms with van der Waals surface area (Å²) in [7, 11) is 0. The molecule has 3 aromatic rings. The van der Waals surface area contributed by atoms with Gasteiger partial charge in [0.15, 0.2) is 0 Å². The van der Waals surface area contributed by atoms with Gasteiger partial charge in [-0.25, -0.2) is 4.39 Å². The first kappa shape index (κ1) is 13.3. The minimum Gasteiger partial charge on any atom is -0.268 e. The van der Waals surface area contributed by atoms with Gasteiger partial charge in [0.05, 0.1) is 12.7 Å². The summed E-state index contributed by atoms with van der Waals surface area (Å²) in [4.78, 5) is 0. The smallest absolute Gasteiger partial charge is 0.128 e. The van der Waals surface area contributed by atoms with Crippen molar-refractivity contribution in [2.45, 2.75) is 6.54 Å². The van der Waals surface area contributed by atoms with Crippen LogP contribution < -0.4 is 0 Å². The van der Waals surface area contributed by atoms with Crippen LogP contribution >= 0.6 is 22.6 Å². The third-order valence-corrected chi connectivity index (χ3v) is 3.75. The molecule has 0 unspecified atom stereocenters. The maximum Gasteiger partial charge on any atom is 0.128 e. The van der Waals surface area contributed by atoms with E-state index >= 15 is 0 Å². The summed E-state index contributed by atoms with van der Waals surface area (Å²) < 4.78 is 16.6. The Morgan fingerprint density at radius 3 is 2.70 bits per heavy atom. The van der Waals surface area contributed by atoms with Crippen LogP contribution in [0.25, 0.3) is 11.1 Å². The van der Waals surface area contributed by atoms with Gasteiger partial charge in [0.25, 0.3) is 0 Å². The van der Waals surface area contributed by atoms with Crippen LogP contribution in [0.2, 0.25) is 0 Å². The Bertz CT molecular complexity index is 737. The van der Waals surface area contributed by atoms with Crippen molar-refractivity contribution in [3.63, 3.8) is 0 Å². The van der Waals surface area contributed by atoms with Gasteiger partial charge in [0.1, 0.15) is 5.82 Å². The molecule has 0 atom stereocenters. The summed E-state index contributed by atoms with van der Waals surface area (Å²) in [6.45, 7) is 0.441. The van der Waals surface area contributed by atoms with E-state index in [0.29, 0.717) is 12.1 Å². The molecule has 3 rings (SSSR count). The molecule has 100 valence electrons. The first-order valence-electron chi connectivity index (χ1n) is 6.24. The average Bonchev–Trinajstić information content (AvgIpc) is 2.90. The van der Waals surface area contributed by atoms with Crippen molar-refractivity contribution in [2.24, 2.45) is 0 Å². The standard InChI is InChI=1S/C16H12FIN2/c17-16-7-2-1-4-13(16)10-20-11-14(9-19-20)12-5-3-6-15(18)8-12/h1-9,11H,10H2. The van der Waals surface area contributed by atoms with Crippen molar-refractivity contribution in [2.75, 3.05) is 0 Å². The van der Waals surface area contributed by atoms with Crippen molar-refractivity contribution < 1.29 is 4.39 Å². The second kappa shape index (κ2) is 5.75. The quantitative estimate of drug-likeness (QED) is 0.620. The normalized spacial score (nSPS) is 10.7. The fourth-order valence-electron chi connectivity index (χ4n) is 2.07. The topological polar surface area (TPSA) is 17.8 Å². The number of rotatable bonds is 3. The van der Waals surface area contributed by atoms with E-state index in [1.807, 2.05) is 36.7 Å². The summed E-state index contributed by atoms with van der Waals surface area (Å²) in [6, 6.07) is 15.0. The molecular weight excluding hydrogens is 366 g/mol. The first-order valence-corrected chi connectivity index (χ1v) is 7.32. The van der Waals surface area contributed by atoms with Crippen molar-refractivity contribution in [1.29, 1.82) is 0 Å². The molecule has 0 aliphatic carbocycles. The fraction of sp³-hybridized carbons (Fsp3) is 0.0625. The lowest BCUT2D eigenvalue weighted by Crippen LogP contribution is -2.01. The SMILES string of the molecule is Fc1ccccc1Cn1cc(-c2cccc(I)c2)cn1. The molecule has 0 radical (unpaired) electrons. The Labute approximate surface area is 130 Å². The summed E-state index contributed by atoms with van der Waals surface area (Å²) in [5.41, 5.74) is 2.81. The van der Waals surface area contributed by atoms with Gasteiger partial charge in [-0.15, -0.1) is 0 Å². The highest BCUT2D eigenvalue weighted by Gasteiger charge is 2.05. The van der Waals surface area contributed by atoms with E-state index in [0.717, 1.165) is 11.1 Å². The molecule has 2 nitrogen and oxygen atoms in total. The molecule has 0 aliphatic rings. The molecule has 0 spiro atoms. The molecule has 0 amide bonds. The Morgan fingerprint density at radius 2 is 1.90 bits per heavy atom. The molecule has 0 fully saturated rings. The average molecular weight is 378 g/mol. The molecule has 1 heterocycles. The number of halogens is 2. The molecule has 0 N–H and O–H groups in total. The number of hydrogen-bond donors (Lipinski definition) is 0. The maximum atomic E-state index is 13.6. The van der Waals surface area contributed by atoms with Gasteiger partial charge in [0, 0.05) is 20.9 Å². The number of aromatic nitrogens is 2. The first-order chi connectivity index (χ1) is 9.72. The summed E-state index contributed by atoms with van der Waals surface area (Å²) >= 11 is 2.29. The van der Waals surface area contributed by atoms with Crippen LogP contribution in [0, 0.1) is 9.39 Å². The molecule has 0 saturated carbocycles. The molecule has 0 saturated heterocycles. The van der Waals surface area contributed by atoms with Crippen LogP contribution in [0.1, 0.15) is 5.56 Å². The van der Waals surface area contributed by atoms with Crippen LogP contribution in [0.3, 0.4) is 0 Å². The molecule has 4 heteroatoms. The van der Waals surface area contributed by atoms with Crippen molar-refractivity contribution >= 4 is 22.6 Å². The van der Waals surface area contributed by atoms with Gasteiger partial charge >= 0.3 is 0 Å². The van der Waals surface area contributed by atoms with E-state index in [2.05, 4.69) is 33.8 Å². The predicted octanol–water partition coefficient (Wildman–Crippen LogP) is 4.34. The van der Waals surface area contributed by atoms with Crippen molar-refractivity contribution in [3.05, 3.63) is 75.9 Å². The van der Waals surface area contributed by atoms with E-state index in [1.165, 1.54) is 9.64 Å². The summed E-state index contributed by atoms with van der Waals surface area (Å²) in [6.07, 6.45) is 3.75. The van der Waals surface area contributed by atoms with Crippen LogP contribution in [-0.4, -0.2) is 9.78 Å². The fourth-order valence-corrected chi connectivity index (χ4v) is 2.61. The zero-order valence-corrected chi connectivity index (χ0v) is 12.8. The second-order valence-electron chi connectivity index (χ2n) is 4.53. The van der Waals surface area contributed by atoms with Crippen molar-refractivity contribution in [3.8, 4) is 11.1 Å². The highest BCUT2D eigenvalue weighted by molar-refractivity contribution is 14.1. The summed E-state index contributed by atoms with van der Waals surface area (Å²) in [5.74, 6) is -0.196. The van der Waals surface area contributed by atoms with E-state index in [4.69, 9.17) is 0 Å². The van der Waals surface area contributed by atoms with Gasteiger partial charge in [-0.3, -0.25) is 4.68 Å². The zero-order chi connectivity index (χ0) is 13.9. The van der Waals surface area contributed by atoms with Gasteiger partial charge in [-0.05, 0) is 46.4 Å². The number of nitrogens with zero attached hydrogens (tertiary/aromatic N) is 2. The van der Waals surface area contributed by atoms with Gasteiger partial charge in [-0.2, -0.15) is 5.10 Å². The maximum absolute atomic E-state index is 13.6. The molecular formula is C16H12FIN2. The van der Waals surface area contributed by atoms with Crippen LogP contribution in [-0.2, 0) is 6.54 Å². The monoisotopic (exact) mass is 378 g/mol. The van der Waals surface area contributed by atoms with E-state index in [-0.39, 0.29) is 5.82 Å². The largest absolute Gasteiger partial charge is 0.268 e. The minimum atomic E-state index is -0.196. The van der Waals surface area contributed by atoms with Crippen molar-refractivity contribution in [1.82, 2.24) is 9.78 Å². The predicted molar refractivity (Wildman–Crippen MR) is 85.9 cm³/mol. The minimum absolute atomic E-state index is 0.196. The highest BCUT2D eigenvalue weighted by Crippen LogP contribution is 2.21. The Hall–Kier alpha value is -1.69. The lowest BCUT2D eigenvalue weighted by Gasteiger charge is -2.03. The molecule has 0 bridgehead atoms. The third-order valence-electron chi connectivity index (χ3n) is 3.08. The molecule has 20 heavy (non-hydrogen) atoms. The third kappa shape index (κ3) is 2.90. The van der Waals surface area contributed by atoms with Gasteiger partial charge in [0.2, 0.25) is 0 Å². The van der Waals surface area contributed by atoms with E-state index in [1.54, 1.807) is 16.8 Å². The highest BCUT2D eigenvalue weighted by atomic mass is 127. The molecule has 1 aromatic heterocycles. The number of benzene rings is 2. The van der Waals surface area contributed by atoms with Gasteiger partial charge in [-0.1, -0.05) is 30.3 Å². The Morgan fingerprint density at radius 1 is 1.05 bits per heavy atom. The Kier molecular flexibility index (Phi) is 3.82. The van der Waals surface area contributed by atoms with E-state index < -0.39 is 0 Å². The van der Waals surface area contributed by atoms with Gasteiger partial charge < -0.3 is 0 Å². The molecule has 2 aromatic carbocycles. The van der Waals surface area contributed by atoms with Crippen LogP contribution in [0.15, 0.2) is 60.9 Å². The zero-order valence-electron chi connectivity index (χ0n) is 10.6. The second-order valence-corrected chi connectivity index (χ2v) is 5.77. The van der Waals surface area contributed by atoms with Crippen LogP contribution in [0.5, 0.6) is 0 Å².